The first-order valence-corrected chi connectivity index (χ1v) is 6.63. The molecule has 0 fully saturated rings. The summed E-state index contributed by atoms with van der Waals surface area (Å²) in [6, 6.07) is 6.26. The van der Waals surface area contributed by atoms with Crippen LogP contribution in [0.2, 0.25) is 0 Å². The molecule has 3 nitrogen and oxygen atoms in total. The van der Waals surface area contributed by atoms with Crippen molar-refractivity contribution >= 4 is 27.5 Å². The lowest BCUT2D eigenvalue weighted by molar-refractivity contribution is 0.616. The fourth-order valence-corrected chi connectivity index (χ4v) is 2.22. The molecule has 1 unspecified atom stereocenters. The first kappa shape index (κ1) is 14.0. The molecule has 1 atom stereocenters. The zero-order chi connectivity index (χ0) is 13.0. The van der Waals surface area contributed by atoms with E-state index in [1.807, 2.05) is 18.2 Å². The Morgan fingerprint density at radius 3 is 2.71 bits per heavy atom. The van der Waals surface area contributed by atoms with E-state index in [0.29, 0.717) is 6.04 Å². The first-order valence-electron chi connectivity index (χ1n) is 5.84. The molecule has 1 aromatic carbocycles. The molecule has 0 aliphatic rings. The summed E-state index contributed by atoms with van der Waals surface area (Å²) in [6.45, 7) is 4.37. The molecule has 0 amide bonds. The highest BCUT2D eigenvalue weighted by atomic mass is 79.9. The lowest BCUT2D eigenvalue weighted by Gasteiger charge is -2.28. The van der Waals surface area contributed by atoms with Crippen molar-refractivity contribution in [3.05, 3.63) is 28.2 Å². The van der Waals surface area contributed by atoms with E-state index in [-0.39, 0.29) is 5.84 Å². The van der Waals surface area contributed by atoms with Crippen molar-refractivity contribution in [2.75, 3.05) is 11.9 Å². The fourth-order valence-electron chi connectivity index (χ4n) is 1.87. The lowest BCUT2D eigenvalue weighted by Crippen LogP contribution is -2.30. The van der Waals surface area contributed by atoms with Gasteiger partial charge in [-0.1, -0.05) is 29.3 Å². The van der Waals surface area contributed by atoms with Crippen LogP contribution in [-0.4, -0.2) is 18.9 Å². The zero-order valence-corrected chi connectivity index (χ0v) is 12.2. The van der Waals surface area contributed by atoms with Crippen molar-refractivity contribution in [3.63, 3.8) is 0 Å². The molecule has 0 saturated heterocycles. The monoisotopic (exact) mass is 297 g/mol. The molecule has 94 valence electrons. The summed E-state index contributed by atoms with van der Waals surface area (Å²) in [4.78, 5) is 2.19. The number of nitrogen functional groups attached to an aromatic ring is 1. The Balaban J connectivity index is 3.10. The van der Waals surface area contributed by atoms with Crippen LogP contribution in [0.5, 0.6) is 0 Å². The minimum absolute atomic E-state index is 0.114. The number of halogens is 1. The maximum absolute atomic E-state index is 7.62. The molecular weight excluding hydrogens is 278 g/mol. The number of nitrogens with one attached hydrogen (secondary N) is 1. The average Bonchev–Trinajstić information content (AvgIpc) is 2.27. The summed E-state index contributed by atoms with van der Waals surface area (Å²) in [5.74, 6) is 0.114. The molecule has 0 saturated carbocycles. The molecule has 1 rings (SSSR count). The van der Waals surface area contributed by atoms with Crippen LogP contribution in [0.4, 0.5) is 5.69 Å². The molecule has 0 heterocycles. The maximum Gasteiger partial charge on any atom is 0.124 e. The molecule has 1 aromatic rings. The lowest BCUT2D eigenvalue weighted by atomic mass is 10.1. The zero-order valence-electron chi connectivity index (χ0n) is 10.6. The Morgan fingerprint density at radius 2 is 2.18 bits per heavy atom. The van der Waals surface area contributed by atoms with Gasteiger partial charge in [-0.3, -0.25) is 5.41 Å². The summed E-state index contributed by atoms with van der Waals surface area (Å²) < 4.78 is 1.01. The summed E-state index contributed by atoms with van der Waals surface area (Å²) in [6.07, 6.45) is 2.27. The molecule has 3 N–H and O–H groups in total. The fraction of sp³-hybridized carbons (Fsp3) is 0.462. The molecule has 4 heteroatoms. The third kappa shape index (κ3) is 3.46. The maximum atomic E-state index is 7.62. The van der Waals surface area contributed by atoms with Crippen LogP contribution in [-0.2, 0) is 0 Å². The van der Waals surface area contributed by atoms with Gasteiger partial charge in [0.15, 0.2) is 0 Å². The van der Waals surface area contributed by atoms with Gasteiger partial charge in [-0.2, -0.15) is 0 Å². The highest BCUT2D eigenvalue weighted by Gasteiger charge is 2.14. The summed E-state index contributed by atoms with van der Waals surface area (Å²) >= 11 is 3.46. The van der Waals surface area contributed by atoms with Crippen molar-refractivity contribution in [1.82, 2.24) is 0 Å². The van der Waals surface area contributed by atoms with Crippen LogP contribution in [0.25, 0.3) is 0 Å². The van der Waals surface area contributed by atoms with Gasteiger partial charge in [-0.15, -0.1) is 0 Å². The smallest absolute Gasteiger partial charge is 0.124 e. The van der Waals surface area contributed by atoms with E-state index in [1.54, 1.807) is 0 Å². The standard InChI is InChI=1S/C13H20BrN3/c1-4-5-9(2)17(3)12-8-10(14)6-7-11(12)13(15)16/h6-9H,4-5H2,1-3H3,(H3,15,16). The number of nitrogens with two attached hydrogens (primary N) is 1. The van der Waals surface area contributed by atoms with Crippen molar-refractivity contribution < 1.29 is 0 Å². The van der Waals surface area contributed by atoms with Crippen LogP contribution < -0.4 is 10.6 Å². The minimum Gasteiger partial charge on any atom is -0.384 e. The van der Waals surface area contributed by atoms with Gasteiger partial charge < -0.3 is 10.6 Å². The topological polar surface area (TPSA) is 53.1 Å². The Labute approximate surface area is 112 Å². The molecule has 0 aliphatic carbocycles. The van der Waals surface area contributed by atoms with E-state index in [9.17, 15) is 0 Å². The molecule has 0 radical (unpaired) electrons. The Bertz CT molecular complexity index is 404. The van der Waals surface area contributed by atoms with Gasteiger partial charge >= 0.3 is 0 Å². The van der Waals surface area contributed by atoms with Crippen molar-refractivity contribution in [2.45, 2.75) is 32.7 Å². The molecule has 0 bridgehead atoms. The van der Waals surface area contributed by atoms with Crippen LogP contribution >= 0.6 is 15.9 Å². The van der Waals surface area contributed by atoms with Crippen molar-refractivity contribution in [3.8, 4) is 0 Å². The summed E-state index contributed by atoms with van der Waals surface area (Å²) in [5, 5.41) is 7.62. The minimum atomic E-state index is 0.114. The van der Waals surface area contributed by atoms with E-state index in [0.717, 1.165) is 28.6 Å². The van der Waals surface area contributed by atoms with E-state index < -0.39 is 0 Å². The number of amidine groups is 1. The molecule has 17 heavy (non-hydrogen) atoms. The van der Waals surface area contributed by atoms with Gasteiger partial charge in [-0.05, 0) is 31.5 Å². The summed E-state index contributed by atoms with van der Waals surface area (Å²) in [5.41, 5.74) is 7.42. The van der Waals surface area contributed by atoms with E-state index >= 15 is 0 Å². The largest absolute Gasteiger partial charge is 0.384 e. The second-order valence-electron chi connectivity index (χ2n) is 4.32. The van der Waals surface area contributed by atoms with Gasteiger partial charge in [0.05, 0.1) is 0 Å². The van der Waals surface area contributed by atoms with E-state index in [2.05, 4.69) is 41.7 Å². The van der Waals surface area contributed by atoms with Crippen molar-refractivity contribution in [1.29, 1.82) is 5.41 Å². The Hall–Kier alpha value is -1.03. The number of nitrogens with zero attached hydrogens (tertiary/aromatic N) is 1. The molecule has 0 spiro atoms. The average molecular weight is 298 g/mol. The highest BCUT2D eigenvalue weighted by molar-refractivity contribution is 9.10. The molecule has 0 aromatic heterocycles. The SMILES string of the molecule is CCCC(C)N(C)c1cc(Br)ccc1C(=N)N. The molecule has 0 aliphatic heterocycles. The Morgan fingerprint density at radius 1 is 1.53 bits per heavy atom. The van der Waals surface area contributed by atoms with Gasteiger partial charge in [0, 0.05) is 28.8 Å². The Kier molecular flexibility index (Phi) is 5.00. The third-order valence-electron chi connectivity index (χ3n) is 3.00. The van der Waals surface area contributed by atoms with Crippen LogP contribution in [0.3, 0.4) is 0 Å². The summed E-state index contributed by atoms with van der Waals surface area (Å²) in [7, 11) is 2.05. The first-order chi connectivity index (χ1) is 7.97. The van der Waals surface area contributed by atoms with Crippen LogP contribution in [0.15, 0.2) is 22.7 Å². The second kappa shape index (κ2) is 6.05. The molecular formula is C13H20BrN3. The van der Waals surface area contributed by atoms with E-state index in [4.69, 9.17) is 11.1 Å². The van der Waals surface area contributed by atoms with Gasteiger partial charge in [0.2, 0.25) is 0 Å². The predicted octanol–water partition coefficient (Wildman–Crippen LogP) is 3.36. The van der Waals surface area contributed by atoms with Gasteiger partial charge in [0.1, 0.15) is 5.84 Å². The number of rotatable bonds is 5. The third-order valence-corrected chi connectivity index (χ3v) is 3.49. The number of anilines is 1. The normalized spacial score (nSPS) is 12.2. The van der Waals surface area contributed by atoms with E-state index in [1.165, 1.54) is 0 Å². The number of hydrogen-bond acceptors (Lipinski definition) is 2. The quantitative estimate of drug-likeness (QED) is 0.647. The second-order valence-corrected chi connectivity index (χ2v) is 5.24. The van der Waals surface area contributed by atoms with Crippen LogP contribution in [0.1, 0.15) is 32.3 Å². The van der Waals surface area contributed by atoms with Crippen molar-refractivity contribution in [2.24, 2.45) is 5.73 Å². The number of benzene rings is 1. The van der Waals surface area contributed by atoms with Crippen LogP contribution in [0, 0.1) is 5.41 Å². The highest BCUT2D eigenvalue weighted by Crippen LogP contribution is 2.26. The number of hydrogen-bond donors (Lipinski definition) is 2. The van der Waals surface area contributed by atoms with Gasteiger partial charge in [-0.25, -0.2) is 0 Å². The predicted molar refractivity (Wildman–Crippen MR) is 77.9 cm³/mol. The van der Waals surface area contributed by atoms with Gasteiger partial charge in [0.25, 0.3) is 0 Å².